The fraction of sp³-hybridized carbons (Fsp3) is 0.625. The molecule has 3 rings (SSSR count). The summed E-state index contributed by atoms with van der Waals surface area (Å²) in [6.45, 7) is 13.1. The highest BCUT2D eigenvalue weighted by Crippen LogP contribution is 2.35. The number of rotatable bonds is 5. The molecule has 2 amide bonds. The number of hydrogen-bond donors (Lipinski definition) is 2. The van der Waals surface area contributed by atoms with Crippen molar-refractivity contribution in [3.63, 3.8) is 0 Å². The van der Waals surface area contributed by atoms with Crippen molar-refractivity contribution in [1.82, 2.24) is 10.6 Å². The summed E-state index contributed by atoms with van der Waals surface area (Å²) >= 11 is 0. The highest BCUT2D eigenvalue weighted by atomic mass is 16.6. The first-order valence-electron chi connectivity index (χ1n) is 11.2. The van der Waals surface area contributed by atoms with Crippen LogP contribution in [0.25, 0.3) is 4.85 Å². The second-order valence-corrected chi connectivity index (χ2v) is 9.47. The topological polar surface area (TPSA) is 81.0 Å². The summed E-state index contributed by atoms with van der Waals surface area (Å²) in [5.74, 6) is 0.847. The van der Waals surface area contributed by atoms with Gasteiger partial charge in [0.2, 0.25) is 5.91 Å². The van der Waals surface area contributed by atoms with Gasteiger partial charge in [-0.25, -0.2) is 9.64 Å². The quantitative estimate of drug-likeness (QED) is 0.645. The van der Waals surface area contributed by atoms with Crippen LogP contribution in [-0.4, -0.2) is 30.3 Å². The molecular formula is C24H33N3O4. The van der Waals surface area contributed by atoms with Crippen molar-refractivity contribution in [3.05, 3.63) is 35.2 Å². The average molecular weight is 428 g/mol. The maximum Gasteiger partial charge on any atom is 0.408 e. The molecular weight excluding hydrogens is 394 g/mol. The summed E-state index contributed by atoms with van der Waals surface area (Å²) in [4.78, 5) is 29.1. The number of amides is 2. The van der Waals surface area contributed by atoms with E-state index < -0.39 is 17.7 Å². The van der Waals surface area contributed by atoms with E-state index in [4.69, 9.17) is 16.0 Å². The van der Waals surface area contributed by atoms with Gasteiger partial charge in [-0.05, 0) is 39.2 Å². The molecule has 2 N–H and O–H groups in total. The molecule has 168 valence electrons. The van der Waals surface area contributed by atoms with Crippen molar-refractivity contribution < 1.29 is 19.1 Å². The van der Waals surface area contributed by atoms with Gasteiger partial charge in [0.15, 0.2) is 5.69 Å². The highest BCUT2D eigenvalue weighted by molar-refractivity contribution is 5.86. The molecule has 31 heavy (non-hydrogen) atoms. The van der Waals surface area contributed by atoms with Gasteiger partial charge in [-0.15, -0.1) is 0 Å². The Morgan fingerprint density at radius 3 is 2.65 bits per heavy atom. The number of benzene rings is 1. The van der Waals surface area contributed by atoms with E-state index in [0.717, 1.165) is 18.4 Å². The van der Waals surface area contributed by atoms with E-state index in [1.54, 1.807) is 32.9 Å². The van der Waals surface area contributed by atoms with Crippen LogP contribution in [-0.2, 0) is 9.53 Å². The Balaban J connectivity index is 1.72. The van der Waals surface area contributed by atoms with Crippen molar-refractivity contribution in [1.29, 1.82) is 0 Å². The molecule has 0 radical (unpaired) electrons. The van der Waals surface area contributed by atoms with Gasteiger partial charge < -0.3 is 20.1 Å². The Hall–Kier alpha value is -2.75. The van der Waals surface area contributed by atoms with Gasteiger partial charge in [-0.1, -0.05) is 44.2 Å². The molecule has 1 heterocycles. The van der Waals surface area contributed by atoms with Crippen molar-refractivity contribution in [2.24, 2.45) is 5.92 Å². The van der Waals surface area contributed by atoms with E-state index in [2.05, 4.69) is 15.5 Å². The maximum absolute atomic E-state index is 13.2. The summed E-state index contributed by atoms with van der Waals surface area (Å²) in [7, 11) is 0. The third kappa shape index (κ3) is 6.61. The number of fused-ring (bicyclic) bond motifs is 1. The molecule has 0 aromatic heterocycles. The van der Waals surface area contributed by atoms with Crippen molar-refractivity contribution in [3.8, 4) is 5.75 Å². The van der Waals surface area contributed by atoms with Gasteiger partial charge in [-0.3, -0.25) is 4.79 Å². The van der Waals surface area contributed by atoms with E-state index >= 15 is 0 Å². The first-order chi connectivity index (χ1) is 14.7. The molecule has 7 nitrogen and oxygen atoms in total. The molecule has 1 saturated carbocycles. The van der Waals surface area contributed by atoms with Gasteiger partial charge in [0.1, 0.15) is 17.4 Å². The number of nitrogens with one attached hydrogen (secondary N) is 2. The Labute approximate surface area is 184 Å². The standard InChI is InChI=1S/C24H33N3O4/c1-24(2,3)31-23(29)27-20(14-16-8-6-5-7-9-16)22(28)26-19-12-13-30-21-15-17(25-4)10-11-18(19)21/h10-11,15-16,19-20H,5-9,12-14H2,1-3H3,(H,26,28)(H,27,29)/t19-,20+/m1/s1. The predicted octanol–water partition coefficient (Wildman–Crippen LogP) is 5.04. The first kappa shape index (κ1) is 22.9. The van der Waals surface area contributed by atoms with Crippen LogP contribution in [0.5, 0.6) is 5.75 Å². The summed E-state index contributed by atoms with van der Waals surface area (Å²) in [5, 5.41) is 5.91. The van der Waals surface area contributed by atoms with E-state index in [1.165, 1.54) is 19.3 Å². The maximum atomic E-state index is 13.2. The number of carbonyl (C=O) groups excluding carboxylic acids is 2. The van der Waals surface area contributed by atoms with Crippen LogP contribution in [0, 0.1) is 12.5 Å². The minimum Gasteiger partial charge on any atom is -0.494 e. The van der Waals surface area contributed by atoms with Crippen LogP contribution >= 0.6 is 0 Å². The monoisotopic (exact) mass is 427 g/mol. The minimum absolute atomic E-state index is 0.205. The van der Waals surface area contributed by atoms with Gasteiger partial charge in [0.25, 0.3) is 0 Å². The number of ether oxygens (including phenoxy) is 2. The highest BCUT2D eigenvalue weighted by Gasteiger charge is 2.31. The van der Waals surface area contributed by atoms with Crippen molar-refractivity contribution >= 4 is 17.7 Å². The number of alkyl carbamates (subject to hydrolysis) is 1. The number of hydrogen-bond acceptors (Lipinski definition) is 4. The minimum atomic E-state index is -0.647. The summed E-state index contributed by atoms with van der Waals surface area (Å²) < 4.78 is 11.1. The third-order valence-electron chi connectivity index (χ3n) is 5.78. The molecule has 1 aromatic rings. The third-order valence-corrected chi connectivity index (χ3v) is 5.78. The van der Waals surface area contributed by atoms with Gasteiger partial charge in [-0.2, -0.15) is 0 Å². The molecule has 2 aliphatic rings. The molecule has 0 bridgehead atoms. The molecule has 1 aliphatic heterocycles. The Bertz CT molecular complexity index is 834. The lowest BCUT2D eigenvalue weighted by atomic mass is 9.84. The Morgan fingerprint density at radius 2 is 1.97 bits per heavy atom. The Morgan fingerprint density at radius 1 is 1.23 bits per heavy atom. The molecule has 1 aliphatic carbocycles. The zero-order chi connectivity index (χ0) is 22.4. The van der Waals surface area contributed by atoms with E-state index in [-0.39, 0.29) is 11.9 Å². The summed E-state index contributed by atoms with van der Waals surface area (Å²) in [6.07, 6.45) is 6.41. The molecule has 0 saturated heterocycles. The van der Waals surface area contributed by atoms with Crippen LogP contribution in [0.4, 0.5) is 10.5 Å². The van der Waals surface area contributed by atoms with Crippen LogP contribution in [0.2, 0.25) is 0 Å². The van der Waals surface area contributed by atoms with Gasteiger partial charge in [0, 0.05) is 12.0 Å². The number of carbonyl (C=O) groups is 2. The largest absolute Gasteiger partial charge is 0.494 e. The lowest BCUT2D eigenvalue weighted by molar-refractivity contribution is -0.124. The average Bonchev–Trinajstić information content (AvgIpc) is 2.72. The normalized spacial score (nSPS) is 19.9. The zero-order valence-electron chi connectivity index (χ0n) is 18.7. The van der Waals surface area contributed by atoms with Crippen LogP contribution in [0.15, 0.2) is 18.2 Å². The second-order valence-electron chi connectivity index (χ2n) is 9.47. The van der Waals surface area contributed by atoms with Crippen LogP contribution < -0.4 is 15.4 Å². The fourth-order valence-electron chi connectivity index (χ4n) is 4.31. The lowest BCUT2D eigenvalue weighted by Crippen LogP contribution is -2.50. The van der Waals surface area contributed by atoms with Crippen LogP contribution in [0.1, 0.15) is 77.3 Å². The second kappa shape index (κ2) is 10.0. The van der Waals surface area contributed by atoms with Crippen LogP contribution in [0.3, 0.4) is 0 Å². The zero-order valence-corrected chi connectivity index (χ0v) is 18.7. The van der Waals surface area contributed by atoms with Gasteiger partial charge >= 0.3 is 6.09 Å². The molecule has 0 spiro atoms. The van der Waals surface area contributed by atoms with E-state index in [0.29, 0.717) is 36.8 Å². The Kier molecular flexibility index (Phi) is 7.42. The van der Waals surface area contributed by atoms with Crippen molar-refractivity contribution in [2.45, 2.75) is 83.4 Å². The molecule has 1 aromatic carbocycles. The first-order valence-corrected chi connectivity index (χ1v) is 11.2. The van der Waals surface area contributed by atoms with E-state index in [9.17, 15) is 9.59 Å². The predicted molar refractivity (Wildman–Crippen MR) is 118 cm³/mol. The lowest BCUT2D eigenvalue weighted by Gasteiger charge is -2.31. The van der Waals surface area contributed by atoms with Crippen molar-refractivity contribution in [2.75, 3.05) is 6.61 Å². The number of nitrogens with zero attached hydrogens (tertiary/aromatic N) is 1. The molecule has 0 unspecified atom stereocenters. The molecule has 7 heteroatoms. The van der Waals surface area contributed by atoms with Gasteiger partial charge in [0.05, 0.1) is 19.2 Å². The van der Waals surface area contributed by atoms with E-state index in [1.807, 2.05) is 6.07 Å². The summed E-state index contributed by atoms with van der Waals surface area (Å²) in [5.41, 5.74) is 0.740. The SMILES string of the molecule is [C-]#[N+]c1ccc2c(c1)OCC[C@H]2NC(=O)[C@H](CC1CCCCC1)NC(=O)OC(C)(C)C. The fourth-order valence-corrected chi connectivity index (χ4v) is 4.31. The smallest absolute Gasteiger partial charge is 0.408 e. The molecule has 1 fully saturated rings. The summed E-state index contributed by atoms with van der Waals surface area (Å²) in [6, 6.07) is 4.42. The molecule has 2 atom stereocenters.